The van der Waals surface area contributed by atoms with E-state index in [-0.39, 0.29) is 18.2 Å². The van der Waals surface area contributed by atoms with E-state index in [1.54, 1.807) is 11.9 Å². The molecule has 0 spiro atoms. The van der Waals surface area contributed by atoms with Crippen LogP contribution in [0.4, 0.5) is 5.69 Å². The zero-order valence-corrected chi connectivity index (χ0v) is 18.1. The molecule has 0 aliphatic carbocycles. The highest BCUT2D eigenvalue weighted by Gasteiger charge is 2.25. The van der Waals surface area contributed by atoms with Crippen molar-refractivity contribution in [3.05, 3.63) is 102 Å². The van der Waals surface area contributed by atoms with E-state index in [0.717, 1.165) is 27.7 Å². The van der Waals surface area contributed by atoms with Gasteiger partial charge in [-0.15, -0.1) is 0 Å². The summed E-state index contributed by atoms with van der Waals surface area (Å²) in [7, 11) is 1.75. The van der Waals surface area contributed by atoms with Gasteiger partial charge in [0.25, 0.3) is 0 Å². The Balaban J connectivity index is 1.50. The molecular weight excluding hydrogens is 398 g/mol. The second kappa shape index (κ2) is 9.96. The van der Waals surface area contributed by atoms with Gasteiger partial charge in [-0.25, -0.2) is 0 Å². The first-order valence-electron chi connectivity index (χ1n) is 10.8. The summed E-state index contributed by atoms with van der Waals surface area (Å²) in [4.78, 5) is 31.1. The molecule has 0 aliphatic heterocycles. The number of aromatic amines is 1. The van der Waals surface area contributed by atoms with Gasteiger partial charge in [-0.3, -0.25) is 9.59 Å². The average molecular weight is 426 g/mol. The summed E-state index contributed by atoms with van der Waals surface area (Å²) in [6, 6.07) is 26.7. The third-order valence-corrected chi connectivity index (χ3v) is 5.71. The van der Waals surface area contributed by atoms with Crippen LogP contribution in [0.1, 0.15) is 17.5 Å². The fourth-order valence-electron chi connectivity index (χ4n) is 3.95. The molecule has 2 N–H and O–H groups in total. The van der Waals surface area contributed by atoms with Gasteiger partial charge in [-0.1, -0.05) is 60.7 Å². The fourth-order valence-corrected chi connectivity index (χ4v) is 3.95. The van der Waals surface area contributed by atoms with Gasteiger partial charge in [-0.05, 0) is 48.2 Å². The molecule has 5 nitrogen and oxygen atoms in total. The topological polar surface area (TPSA) is 65.2 Å². The highest BCUT2D eigenvalue weighted by atomic mass is 16.2. The summed E-state index contributed by atoms with van der Waals surface area (Å²) in [6.45, 7) is 0. The van der Waals surface area contributed by atoms with Crippen LogP contribution in [0.2, 0.25) is 0 Å². The second-order valence-electron chi connectivity index (χ2n) is 7.91. The van der Waals surface area contributed by atoms with E-state index in [1.807, 2.05) is 91.1 Å². The molecule has 1 aromatic heterocycles. The van der Waals surface area contributed by atoms with Crippen molar-refractivity contribution < 1.29 is 9.59 Å². The SMILES string of the molecule is CN(C(=O)[C@@H](CCc1ccccc1)NC(=O)Cc1cccc2[nH]ccc12)c1ccccc1. The zero-order chi connectivity index (χ0) is 22.3. The third kappa shape index (κ3) is 5.06. The quantitative estimate of drug-likeness (QED) is 0.437. The maximum absolute atomic E-state index is 13.3. The summed E-state index contributed by atoms with van der Waals surface area (Å²) >= 11 is 0. The number of fused-ring (bicyclic) bond motifs is 1. The van der Waals surface area contributed by atoms with Crippen LogP contribution in [0.5, 0.6) is 0 Å². The van der Waals surface area contributed by atoms with Gasteiger partial charge in [-0.2, -0.15) is 0 Å². The first kappa shape index (κ1) is 21.4. The van der Waals surface area contributed by atoms with Crippen molar-refractivity contribution in [1.82, 2.24) is 10.3 Å². The number of aromatic nitrogens is 1. The maximum atomic E-state index is 13.3. The molecule has 0 fully saturated rings. The molecule has 0 saturated carbocycles. The number of rotatable bonds is 8. The number of anilines is 1. The predicted octanol–water partition coefficient (Wildman–Crippen LogP) is 4.49. The minimum Gasteiger partial charge on any atom is -0.361 e. The van der Waals surface area contributed by atoms with Crippen molar-refractivity contribution in [1.29, 1.82) is 0 Å². The van der Waals surface area contributed by atoms with E-state index in [0.29, 0.717) is 12.8 Å². The van der Waals surface area contributed by atoms with Crippen LogP contribution in [0.3, 0.4) is 0 Å². The lowest BCUT2D eigenvalue weighted by Gasteiger charge is -2.25. The maximum Gasteiger partial charge on any atom is 0.249 e. The highest BCUT2D eigenvalue weighted by molar-refractivity contribution is 5.99. The Kier molecular flexibility index (Phi) is 6.66. The second-order valence-corrected chi connectivity index (χ2v) is 7.91. The van der Waals surface area contributed by atoms with Crippen LogP contribution in [0.25, 0.3) is 10.9 Å². The number of para-hydroxylation sites is 1. The van der Waals surface area contributed by atoms with E-state index in [1.165, 1.54) is 0 Å². The van der Waals surface area contributed by atoms with Crippen molar-refractivity contribution >= 4 is 28.4 Å². The molecule has 1 heterocycles. The number of amides is 2. The van der Waals surface area contributed by atoms with Gasteiger partial charge in [0.05, 0.1) is 6.42 Å². The standard InChI is InChI=1S/C27H27N3O2/c1-30(22-12-6-3-7-13-22)27(32)25(16-15-20-9-4-2-5-10-20)29-26(31)19-21-11-8-14-24-23(21)17-18-28-24/h2-14,17-18,25,28H,15-16,19H2,1H3,(H,29,31)/t25-/m1/s1. The Morgan fingerprint density at radius 3 is 2.38 bits per heavy atom. The van der Waals surface area contributed by atoms with Gasteiger partial charge in [0.2, 0.25) is 11.8 Å². The number of H-pyrrole nitrogens is 1. The Morgan fingerprint density at radius 2 is 1.62 bits per heavy atom. The van der Waals surface area contributed by atoms with Gasteiger partial charge in [0.1, 0.15) is 6.04 Å². The molecule has 1 atom stereocenters. The average Bonchev–Trinajstić information content (AvgIpc) is 3.32. The van der Waals surface area contributed by atoms with Crippen LogP contribution in [-0.4, -0.2) is 29.9 Å². The number of carbonyl (C=O) groups is 2. The third-order valence-electron chi connectivity index (χ3n) is 5.71. The van der Waals surface area contributed by atoms with E-state index >= 15 is 0 Å². The predicted molar refractivity (Wildman–Crippen MR) is 129 cm³/mol. The van der Waals surface area contributed by atoms with E-state index < -0.39 is 6.04 Å². The largest absolute Gasteiger partial charge is 0.361 e. The normalized spacial score (nSPS) is 11.8. The summed E-state index contributed by atoms with van der Waals surface area (Å²) in [5.41, 5.74) is 3.87. The van der Waals surface area contributed by atoms with E-state index in [2.05, 4.69) is 10.3 Å². The highest BCUT2D eigenvalue weighted by Crippen LogP contribution is 2.19. The van der Waals surface area contributed by atoms with E-state index in [9.17, 15) is 9.59 Å². The van der Waals surface area contributed by atoms with Crippen LogP contribution < -0.4 is 10.2 Å². The molecule has 32 heavy (non-hydrogen) atoms. The molecule has 4 aromatic rings. The molecule has 3 aromatic carbocycles. The number of hydrogen-bond donors (Lipinski definition) is 2. The Hall–Kier alpha value is -3.86. The molecule has 4 rings (SSSR count). The number of aryl methyl sites for hydroxylation is 1. The minimum absolute atomic E-state index is 0.125. The lowest BCUT2D eigenvalue weighted by molar-refractivity contribution is -0.127. The number of nitrogens with one attached hydrogen (secondary N) is 2. The summed E-state index contributed by atoms with van der Waals surface area (Å²) < 4.78 is 0. The molecule has 5 heteroatoms. The van der Waals surface area contributed by atoms with Crippen molar-refractivity contribution in [3.63, 3.8) is 0 Å². The van der Waals surface area contributed by atoms with Gasteiger partial charge < -0.3 is 15.2 Å². The number of likely N-dealkylation sites (N-methyl/N-ethyl adjacent to an activating group) is 1. The first-order valence-corrected chi connectivity index (χ1v) is 10.8. The van der Waals surface area contributed by atoms with Crippen molar-refractivity contribution in [2.75, 3.05) is 11.9 Å². The number of hydrogen-bond acceptors (Lipinski definition) is 2. The van der Waals surface area contributed by atoms with Gasteiger partial charge >= 0.3 is 0 Å². The fraction of sp³-hybridized carbons (Fsp3) is 0.185. The summed E-state index contributed by atoms with van der Waals surface area (Å²) in [5.74, 6) is -0.285. The monoisotopic (exact) mass is 425 g/mol. The summed E-state index contributed by atoms with van der Waals surface area (Å²) in [5, 5.41) is 4.03. The molecule has 0 saturated heterocycles. The number of nitrogens with zero attached hydrogens (tertiary/aromatic N) is 1. The zero-order valence-electron chi connectivity index (χ0n) is 18.1. The first-order chi connectivity index (χ1) is 15.6. The lowest BCUT2D eigenvalue weighted by Crippen LogP contribution is -2.48. The van der Waals surface area contributed by atoms with Crippen LogP contribution in [-0.2, 0) is 22.4 Å². The molecule has 0 bridgehead atoms. The van der Waals surface area contributed by atoms with Gasteiger partial charge in [0, 0.05) is 29.8 Å². The van der Waals surface area contributed by atoms with Crippen LogP contribution in [0, 0.1) is 0 Å². The van der Waals surface area contributed by atoms with Crippen molar-refractivity contribution in [2.24, 2.45) is 0 Å². The van der Waals surface area contributed by atoms with E-state index in [4.69, 9.17) is 0 Å². The number of benzene rings is 3. The molecular formula is C27H27N3O2. The van der Waals surface area contributed by atoms with Crippen LogP contribution in [0.15, 0.2) is 91.1 Å². The van der Waals surface area contributed by atoms with Gasteiger partial charge in [0.15, 0.2) is 0 Å². The molecule has 0 radical (unpaired) electrons. The molecule has 2 amide bonds. The summed E-state index contributed by atoms with van der Waals surface area (Å²) in [6.07, 6.45) is 3.32. The molecule has 0 unspecified atom stereocenters. The number of carbonyl (C=O) groups excluding carboxylic acids is 2. The molecule has 0 aliphatic rings. The Morgan fingerprint density at radius 1 is 0.906 bits per heavy atom. The molecule has 162 valence electrons. The van der Waals surface area contributed by atoms with Crippen molar-refractivity contribution in [3.8, 4) is 0 Å². The Labute approximate surface area is 188 Å². The smallest absolute Gasteiger partial charge is 0.249 e. The lowest BCUT2D eigenvalue weighted by atomic mass is 10.0. The Bertz CT molecular complexity index is 1190. The minimum atomic E-state index is -0.613. The van der Waals surface area contributed by atoms with Crippen LogP contribution >= 0.6 is 0 Å². The van der Waals surface area contributed by atoms with Crippen molar-refractivity contribution in [2.45, 2.75) is 25.3 Å².